The van der Waals surface area contributed by atoms with Crippen molar-refractivity contribution in [1.29, 1.82) is 0 Å². The minimum atomic E-state index is -0.0903. The van der Waals surface area contributed by atoms with Gasteiger partial charge in [-0.15, -0.1) is 0 Å². The Kier molecular flexibility index (Phi) is 6.27. The molecule has 180 valence electrons. The first-order valence-electron chi connectivity index (χ1n) is 11.8. The number of anilines is 2. The van der Waals surface area contributed by atoms with E-state index in [1.54, 1.807) is 13.3 Å². The van der Waals surface area contributed by atoms with Crippen molar-refractivity contribution in [2.45, 2.75) is 18.8 Å². The molecule has 4 aromatic rings. The van der Waals surface area contributed by atoms with Crippen LogP contribution in [0.1, 0.15) is 24.6 Å². The SMILES string of the molecule is COc1cccc(-c2nc(C3CCCN(C(=O)Nc4cccc(N(C)C)c4)C3)n3ncccc23)c1. The molecule has 8 nitrogen and oxygen atoms in total. The second-order valence-corrected chi connectivity index (χ2v) is 9.03. The lowest BCUT2D eigenvalue weighted by molar-refractivity contribution is 0.191. The first-order valence-corrected chi connectivity index (χ1v) is 11.8. The van der Waals surface area contributed by atoms with Crippen LogP contribution in [-0.2, 0) is 0 Å². The molecule has 8 heteroatoms. The molecule has 1 N–H and O–H groups in total. The number of hydrogen-bond acceptors (Lipinski definition) is 5. The molecule has 0 bridgehead atoms. The summed E-state index contributed by atoms with van der Waals surface area (Å²) >= 11 is 0. The number of fused-ring (bicyclic) bond motifs is 1. The van der Waals surface area contributed by atoms with Crippen molar-refractivity contribution in [1.82, 2.24) is 19.5 Å². The minimum absolute atomic E-state index is 0.0874. The fourth-order valence-corrected chi connectivity index (χ4v) is 4.64. The molecular weight excluding hydrogens is 440 g/mol. The number of nitrogens with one attached hydrogen (secondary N) is 1. The highest BCUT2D eigenvalue weighted by Crippen LogP contribution is 2.33. The Bertz CT molecular complexity index is 1350. The van der Waals surface area contributed by atoms with Crippen molar-refractivity contribution in [3.63, 3.8) is 0 Å². The molecular formula is C27H30N6O2. The number of carbonyl (C=O) groups is 1. The minimum Gasteiger partial charge on any atom is -0.497 e. The van der Waals surface area contributed by atoms with Gasteiger partial charge in [0.1, 0.15) is 11.6 Å². The zero-order chi connectivity index (χ0) is 24.4. The first kappa shape index (κ1) is 22.7. The molecule has 0 aliphatic carbocycles. The summed E-state index contributed by atoms with van der Waals surface area (Å²) in [5.41, 5.74) is 4.62. The van der Waals surface area contributed by atoms with Crippen LogP contribution in [0.5, 0.6) is 5.75 Å². The van der Waals surface area contributed by atoms with Crippen molar-refractivity contribution in [3.8, 4) is 17.0 Å². The number of rotatable bonds is 5. The van der Waals surface area contributed by atoms with E-state index in [0.29, 0.717) is 6.54 Å². The lowest BCUT2D eigenvalue weighted by atomic mass is 9.97. The summed E-state index contributed by atoms with van der Waals surface area (Å²) in [6, 6.07) is 19.6. The molecule has 2 aromatic heterocycles. The molecule has 1 aliphatic heterocycles. The number of benzene rings is 2. The predicted molar refractivity (Wildman–Crippen MR) is 138 cm³/mol. The molecule has 5 rings (SSSR count). The number of amides is 2. The second-order valence-electron chi connectivity index (χ2n) is 9.03. The monoisotopic (exact) mass is 470 g/mol. The van der Waals surface area contributed by atoms with E-state index >= 15 is 0 Å². The van der Waals surface area contributed by atoms with Gasteiger partial charge in [-0.25, -0.2) is 14.3 Å². The van der Waals surface area contributed by atoms with Gasteiger partial charge in [-0.1, -0.05) is 18.2 Å². The van der Waals surface area contributed by atoms with Gasteiger partial charge in [-0.3, -0.25) is 0 Å². The molecule has 1 fully saturated rings. The second kappa shape index (κ2) is 9.66. The molecule has 0 saturated carbocycles. The van der Waals surface area contributed by atoms with E-state index in [1.165, 1.54) is 0 Å². The van der Waals surface area contributed by atoms with Crippen LogP contribution in [0.25, 0.3) is 16.8 Å². The van der Waals surface area contributed by atoms with Gasteiger partial charge in [0, 0.05) is 56.2 Å². The van der Waals surface area contributed by atoms with Crippen molar-refractivity contribution in [2.75, 3.05) is 44.5 Å². The van der Waals surface area contributed by atoms with Crippen LogP contribution >= 0.6 is 0 Å². The van der Waals surface area contributed by atoms with E-state index in [9.17, 15) is 4.79 Å². The van der Waals surface area contributed by atoms with Crippen LogP contribution in [0.15, 0.2) is 66.9 Å². The van der Waals surface area contributed by atoms with Crippen molar-refractivity contribution >= 4 is 22.9 Å². The number of methoxy groups -OCH3 is 1. The number of carbonyl (C=O) groups excluding carboxylic acids is 1. The Labute approximate surface area is 205 Å². The topological polar surface area (TPSA) is 75.0 Å². The quantitative estimate of drug-likeness (QED) is 0.450. The fraction of sp³-hybridized carbons (Fsp3) is 0.296. The van der Waals surface area contributed by atoms with Gasteiger partial charge in [0.25, 0.3) is 0 Å². The normalized spacial score (nSPS) is 15.7. The van der Waals surface area contributed by atoms with Crippen LogP contribution in [-0.4, -0.2) is 59.8 Å². The maximum atomic E-state index is 13.1. The van der Waals surface area contributed by atoms with E-state index in [-0.39, 0.29) is 11.9 Å². The molecule has 2 amide bonds. The molecule has 1 unspecified atom stereocenters. The summed E-state index contributed by atoms with van der Waals surface area (Å²) in [6.07, 6.45) is 3.64. The predicted octanol–water partition coefficient (Wildman–Crippen LogP) is 4.88. The number of ether oxygens (including phenoxy) is 1. The molecule has 3 heterocycles. The lowest BCUT2D eigenvalue weighted by Gasteiger charge is -2.32. The Hall–Kier alpha value is -4.07. The lowest BCUT2D eigenvalue weighted by Crippen LogP contribution is -2.42. The van der Waals surface area contributed by atoms with Crippen LogP contribution in [0.2, 0.25) is 0 Å². The Morgan fingerprint density at radius 2 is 1.97 bits per heavy atom. The zero-order valence-electron chi connectivity index (χ0n) is 20.3. The van der Waals surface area contributed by atoms with Crippen LogP contribution in [0.3, 0.4) is 0 Å². The van der Waals surface area contributed by atoms with Crippen LogP contribution < -0.4 is 15.0 Å². The summed E-state index contributed by atoms with van der Waals surface area (Å²) in [6.45, 7) is 1.31. The number of imidazole rings is 1. The average molecular weight is 471 g/mol. The van der Waals surface area contributed by atoms with Crippen molar-refractivity contribution in [3.05, 3.63) is 72.7 Å². The van der Waals surface area contributed by atoms with E-state index in [4.69, 9.17) is 9.72 Å². The van der Waals surface area contributed by atoms with Crippen LogP contribution in [0.4, 0.5) is 16.2 Å². The number of piperidine rings is 1. The van der Waals surface area contributed by atoms with E-state index < -0.39 is 0 Å². The van der Waals surface area contributed by atoms with Gasteiger partial charge in [0.2, 0.25) is 0 Å². The van der Waals surface area contributed by atoms with Gasteiger partial charge in [0.15, 0.2) is 0 Å². The summed E-state index contributed by atoms with van der Waals surface area (Å²) in [4.78, 5) is 22.1. The first-order chi connectivity index (χ1) is 17.0. The highest BCUT2D eigenvalue weighted by Gasteiger charge is 2.29. The molecule has 2 aromatic carbocycles. The van der Waals surface area contributed by atoms with Crippen molar-refractivity contribution in [2.24, 2.45) is 0 Å². The molecule has 1 saturated heterocycles. The number of nitrogens with zero attached hydrogens (tertiary/aromatic N) is 5. The van der Waals surface area contributed by atoms with Gasteiger partial charge in [0.05, 0.1) is 18.3 Å². The van der Waals surface area contributed by atoms with E-state index in [0.717, 1.165) is 59.1 Å². The summed E-state index contributed by atoms with van der Waals surface area (Å²) in [5, 5.41) is 7.67. The maximum absolute atomic E-state index is 13.1. The Morgan fingerprint density at radius 3 is 2.80 bits per heavy atom. The smallest absolute Gasteiger partial charge is 0.321 e. The highest BCUT2D eigenvalue weighted by atomic mass is 16.5. The molecule has 35 heavy (non-hydrogen) atoms. The van der Waals surface area contributed by atoms with E-state index in [1.807, 2.05) is 89.1 Å². The maximum Gasteiger partial charge on any atom is 0.321 e. The Morgan fingerprint density at radius 1 is 1.11 bits per heavy atom. The van der Waals surface area contributed by atoms with Gasteiger partial charge in [-0.2, -0.15) is 5.10 Å². The third-order valence-electron chi connectivity index (χ3n) is 6.47. The molecule has 1 atom stereocenters. The fourth-order valence-electron chi connectivity index (χ4n) is 4.64. The number of aromatic nitrogens is 3. The Balaban J connectivity index is 1.40. The standard InChI is InChI=1S/C27H30N6O2/c1-31(2)22-11-5-10-21(17-22)29-27(34)32-15-7-9-20(18-32)26-30-25(24-13-6-14-28-33(24)26)19-8-4-12-23(16-19)35-3/h4-6,8,10-14,16-17,20H,7,9,15,18H2,1-3H3,(H,29,34). The summed E-state index contributed by atoms with van der Waals surface area (Å²) in [7, 11) is 5.63. The van der Waals surface area contributed by atoms with Crippen LogP contribution in [0, 0.1) is 0 Å². The molecule has 0 radical (unpaired) electrons. The third kappa shape index (κ3) is 4.64. The number of hydrogen-bond donors (Lipinski definition) is 1. The molecule has 0 spiro atoms. The molecule has 1 aliphatic rings. The largest absolute Gasteiger partial charge is 0.497 e. The zero-order valence-corrected chi connectivity index (χ0v) is 20.3. The average Bonchev–Trinajstić information content (AvgIpc) is 3.29. The van der Waals surface area contributed by atoms with Gasteiger partial charge >= 0.3 is 6.03 Å². The van der Waals surface area contributed by atoms with Gasteiger partial charge in [-0.05, 0) is 55.3 Å². The highest BCUT2D eigenvalue weighted by molar-refractivity contribution is 5.90. The van der Waals surface area contributed by atoms with E-state index in [2.05, 4.69) is 10.4 Å². The third-order valence-corrected chi connectivity index (χ3v) is 6.47. The summed E-state index contributed by atoms with van der Waals surface area (Å²) in [5.74, 6) is 1.75. The summed E-state index contributed by atoms with van der Waals surface area (Å²) < 4.78 is 7.34. The van der Waals surface area contributed by atoms with Crippen molar-refractivity contribution < 1.29 is 9.53 Å². The number of likely N-dealkylation sites (tertiary alicyclic amines) is 1. The number of urea groups is 1. The van der Waals surface area contributed by atoms with Gasteiger partial charge < -0.3 is 19.9 Å².